The monoisotopic (exact) mass is 477 g/mol. The lowest BCUT2D eigenvalue weighted by Gasteiger charge is -2.31. The third kappa shape index (κ3) is 5.90. The standard InChI is InChI=1S/C31H31N3O2/c1-21(2)36-29-15-13-28(14-16-29)34-20-27(31(17-22(3)35)33-23(34)4)18-24-9-11-25(12-10-24)30-8-6-5-7-26(30)19-32/h5-16,21H,17-18,20H2,1-4H3. The molecule has 0 unspecified atom stereocenters. The summed E-state index contributed by atoms with van der Waals surface area (Å²) in [6.07, 6.45) is 1.15. The molecule has 4 rings (SSSR count). The molecule has 0 saturated carbocycles. The molecular weight excluding hydrogens is 446 g/mol. The van der Waals surface area contributed by atoms with Crippen molar-refractivity contribution in [3.05, 3.63) is 95.2 Å². The van der Waals surface area contributed by atoms with Crippen LogP contribution in [0.2, 0.25) is 0 Å². The lowest BCUT2D eigenvalue weighted by atomic mass is 9.95. The number of Topliss-reactive ketones (excluding diaryl/α,β-unsaturated/α-hetero) is 1. The minimum absolute atomic E-state index is 0.103. The molecule has 0 bridgehead atoms. The van der Waals surface area contributed by atoms with Crippen molar-refractivity contribution in [2.45, 2.75) is 46.6 Å². The fourth-order valence-corrected chi connectivity index (χ4v) is 4.43. The fraction of sp³-hybridized carbons (Fsp3) is 0.258. The molecular formula is C31H31N3O2. The van der Waals surface area contributed by atoms with Crippen molar-refractivity contribution in [1.29, 1.82) is 5.26 Å². The molecule has 0 aromatic heterocycles. The highest BCUT2D eigenvalue weighted by Gasteiger charge is 2.22. The van der Waals surface area contributed by atoms with Gasteiger partial charge < -0.3 is 9.64 Å². The lowest BCUT2D eigenvalue weighted by Crippen LogP contribution is -2.35. The van der Waals surface area contributed by atoms with Crippen molar-refractivity contribution >= 4 is 17.3 Å². The van der Waals surface area contributed by atoms with Gasteiger partial charge in [-0.15, -0.1) is 0 Å². The Morgan fingerprint density at radius 3 is 2.39 bits per heavy atom. The number of ketones is 1. The van der Waals surface area contributed by atoms with E-state index in [1.165, 1.54) is 0 Å². The van der Waals surface area contributed by atoms with Crippen molar-refractivity contribution in [3.63, 3.8) is 0 Å². The summed E-state index contributed by atoms with van der Waals surface area (Å²) in [5, 5.41) is 9.44. The number of anilines is 1. The summed E-state index contributed by atoms with van der Waals surface area (Å²) >= 11 is 0. The molecule has 0 N–H and O–H groups in total. The highest BCUT2D eigenvalue weighted by Crippen LogP contribution is 2.29. The van der Waals surface area contributed by atoms with Crippen LogP contribution >= 0.6 is 0 Å². The predicted octanol–water partition coefficient (Wildman–Crippen LogP) is 6.73. The molecule has 1 heterocycles. The van der Waals surface area contributed by atoms with E-state index in [2.05, 4.69) is 35.2 Å². The summed E-state index contributed by atoms with van der Waals surface area (Å²) in [7, 11) is 0. The first-order valence-electron chi connectivity index (χ1n) is 12.2. The number of rotatable bonds is 8. The van der Waals surface area contributed by atoms with Crippen LogP contribution < -0.4 is 9.64 Å². The topological polar surface area (TPSA) is 65.7 Å². The van der Waals surface area contributed by atoms with Gasteiger partial charge in [0.1, 0.15) is 17.4 Å². The summed E-state index contributed by atoms with van der Waals surface area (Å²) in [4.78, 5) is 19.0. The number of amidine groups is 1. The van der Waals surface area contributed by atoms with Crippen molar-refractivity contribution in [2.75, 3.05) is 11.4 Å². The third-order valence-electron chi connectivity index (χ3n) is 6.11. The van der Waals surface area contributed by atoms with Gasteiger partial charge in [0.15, 0.2) is 0 Å². The Bertz CT molecular complexity index is 1340. The molecule has 1 aliphatic heterocycles. The Balaban J connectivity index is 1.59. The number of hydrogen-bond acceptors (Lipinski definition) is 5. The molecule has 5 heteroatoms. The van der Waals surface area contributed by atoms with Crippen LogP contribution in [0.15, 0.2) is 89.1 Å². The van der Waals surface area contributed by atoms with Gasteiger partial charge in [0, 0.05) is 18.7 Å². The Morgan fingerprint density at radius 1 is 1.06 bits per heavy atom. The first-order chi connectivity index (χ1) is 17.3. The normalized spacial score (nSPS) is 13.4. The van der Waals surface area contributed by atoms with E-state index in [1.807, 2.05) is 69.3 Å². The van der Waals surface area contributed by atoms with Crippen molar-refractivity contribution in [2.24, 2.45) is 4.99 Å². The molecule has 0 spiro atoms. The van der Waals surface area contributed by atoms with Crippen molar-refractivity contribution in [1.82, 2.24) is 0 Å². The molecule has 0 atom stereocenters. The van der Waals surface area contributed by atoms with Crippen molar-refractivity contribution < 1.29 is 9.53 Å². The van der Waals surface area contributed by atoms with E-state index in [9.17, 15) is 10.1 Å². The van der Waals surface area contributed by atoms with E-state index >= 15 is 0 Å². The maximum Gasteiger partial charge on any atom is 0.135 e. The van der Waals surface area contributed by atoms with E-state index in [0.29, 0.717) is 24.9 Å². The highest BCUT2D eigenvalue weighted by atomic mass is 16.5. The zero-order valence-corrected chi connectivity index (χ0v) is 21.3. The SMILES string of the molecule is CC(=O)CC1=C(Cc2ccc(-c3ccccc3C#N)cc2)CN(c2ccc(OC(C)C)cc2)C(C)=N1. The molecule has 5 nitrogen and oxygen atoms in total. The number of allylic oxidation sites excluding steroid dienone is 1. The van der Waals surface area contributed by atoms with Crippen LogP contribution in [0.25, 0.3) is 11.1 Å². The number of nitrogens with zero attached hydrogens (tertiary/aromatic N) is 3. The Kier molecular flexibility index (Phi) is 7.65. The number of hydrogen-bond donors (Lipinski definition) is 0. The maximum atomic E-state index is 12.0. The van der Waals surface area contributed by atoms with Crippen LogP contribution in [0, 0.1) is 11.3 Å². The van der Waals surface area contributed by atoms with Crippen LogP contribution in [0.5, 0.6) is 5.75 Å². The van der Waals surface area contributed by atoms with Crippen LogP contribution in [-0.2, 0) is 11.2 Å². The van der Waals surface area contributed by atoms with E-state index in [4.69, 9.17) is 9.73 Å². The van der Waals surface area contributed by atoms with Gasteiger partial charge in [-0.05, 0) is 86.7 Å². The zero-order chi connectivity index (χ0) is 25.7. The Morgan fingerprint density at radius 2 is 1.75 bits per heavy atom. The van der Waals surface area contributed by atoms with Gasteiger partial charge >= 0.3 is 0 Å². The first-order valence-corrected chi connectivity index (χ1v) is 12.2. The maximum absolute atomic E-state index is 12.0. The largest absolute Gasteiger partial charge is 0.491 e. The molecule has 3 aromatic carbocycles. The molecule has 0 amide bonds. The van der Waals surface area contributed by atoms with E-state index in [-0.39, 0.29) is 11.9 Å². The molecule has 36 heavy (non-hydrogen) atoms. The second kappa shape index (κ2) is 11.0. The fourth-order valence-electron chi connectivity index (χ4n) is 4.43. The average Bonchev–Trinajstić information content (AvgIpc) is 2.86. The van der Waals surface area contributed by atoms with Crippen LogP contribution in [0.4, 0.5) is 5.69 Å². The van der Waals surface area contributed by atoms with Crippen LogP contribution in [-0.4, -0.2) is 24.3 Å². The number of carbonyl (C=O) groups excluding carboxylic acids is 1. The summed E-state index contributed by atoms with van der Waals surface area (Å²) in [6, 6.07) is 26.2. The zero-order valence-electron chi connectivity index (χ0n) is 21.3. The number of benzene rings is 3. The number of ether oxygens (including phenoxy) is 1. The minimum atomic E-state index is 0.103. The quantitative estimate of drug-likeness (QED) is 0.361. The van der Waals surface area contributed by atoms with Gasteiger partial charge in [0.2, 0.25) is 0 Å². The Labute approximate surface area is 213 Å². The minimum Gasteiger partial charge on any atom is -0.491 e. The van der Waals surface area contributed by atoms with Gasteiger partial charge in [-0.2, -0.15) is 5.26 Å². The number of carbonyl (C=O) groups is 1. The van der Waals surface area contributed by atoms with Crippen molar-refractivity contribution in [3.8, 4) is 22.9 Å². The highest BCUT2D eigenvalue weighted by molar-refractivity contribution is 5.98. The molecule has 0 fully saturated rings. The predicted molar refractivity (Wildman–Crippen MR) is 145 cm³/mol. The summed E-state index contributed by atoms with van der Waals surface area (Å²) < 4.78 is 5.79. The van der Waals surface area contributed by atoms with Gasteiger partial charge in [-0.3, -0.25) is 4.79 Å². The number of nitriles is 1. The number of aliphatic imine (C=N–C) groups is 1. The summed E-state index contributed by atoms with van der Waals surface area (Å²) in [6.45, 7) is 8.28. The summed E-state index contributed by atoms with van der Waals surface area (Å²) in [5.41, 5.74) is 6.76. The van der Waals surface area contributed by atoms with Gasteiger partial charge in [0.05, 0.1) is 23.4 Å². The molecule has 0 aliphatic carbocycles. The van der Waals surface area contributed by atoms with E-state index in [0.717, 1.165) is 45.2 Å². The average molecular weight is 478 g/mol. The van der Waals surface area contributed by atoms with Gasteiger partial charge in [-0.25, -0.2) is 4.99 Å². The second-order valence-electron chi connectivity index (χ2n) is 9.37. The molecule has 0 radical (unpaired) electrons. The van der Waals surface area contributed by atoms with E-state index in [1.54, 1.807) is 6.92 Å². The Hall–Kier alpha value is -4.17. The second-order valence-corrected chi connectivity index (χ2v) is 9.37. The molecule has 182 valence electrons. The molecule has 0 saturated heterocycles. The first kappa shape index (κ1) is 24.9. The lowest BCUT2D eigenvalue weighted by molar-refractivity contribution is -0.116. The smallest absolute Gasteiger partial charge is 0.135 e. The molecule has 3 aromatic rings. The van der Waals surface area contributed by atoms with Crippen LogP contribution in [0.3, 0.4) is 0 Å². The molecule has 1 aliphatic rings. The van der Waals surface area contributed by atoms with Gasteiger partial charge in [0.25, 0.3) is 0 Å². The van der Waals surface area contributed by atoms with Crippen LogP contribution in [0.1, 0.15) is 45.2 Å². The third-order valence-corrected chi connectivity index (χ3v) is 6.11. The van der Waals surface area contributed by atoms with E-state index < -0.39 is 0 Å². The van der Waals surface area contributed by atoms with Gasteiger partial charge in [-0.1, -0.05) is 42.5 Å². The summed E-state index contributed by atoms with van der Waals surface area (Å²) in [5.74, 6) is 1.81.